The van der Waals surface area contributed by atoms with Crippen molar-refractivity contribution < 1.29 is 27.9 Å². The molecule has 0 unspecified atom stereocenters. The number of nitro benzene ring substituents is 1. The Morgan fingerprint density at radius 3 is 2.35 bits per heavy atom. The summed E-state index contributed by atoms with van der Waals surface area (Å²) in [5, 5.41) is 25.8. The average molecular weight is 507 g/mol. The zero-order valence-electron chi connectivity index (χ0n) is 17.9. The molecule has 11 nitrogen and oxygen atoms in total. The number of anilines is 2. The highest BCUT2D eigenvalue weighted by Gasteiger charge is 2.22. The van der Waals surface area contributed by atoms with Crippen LogP contribution < -0.4 is 19.6 Å². The van der Waals surface area contributed by atoms with Crippen LogP contribution >= 0.6 is 11.6 Å². The highest BCUT2D eigenvalue weighted by molar-refractivity contribution is 7.92. The number of sulfonamides is 1. The Morgan fingerprint density at radius 1 is 1.09 bits per heavy atom. The van der Waals surface area contributed by atoms with E-state index < -0.39 is 20.6 Å². The van der Waals surface area contributed by atoms with Gasteiger partial charge in [-0.1, -0.05) is 17.7 Å². The minimum atomic E-state index is -4.12. The van der Waals surface area contributed by atoms with Crippen LogP contribution in [0.15, 0.2) is 64.6 Å². The number of hydrogen-bond acceptors (Lipinski definition) is 9. The third-order valence-corrected chi connectivity index (χ3v) is 6.07. The molecular weight excluding hydrogens is 488 g/mol. The van der Waals surface area contributed by atoms with Gasteiger partial charge in [-0.15, -0.1) is 0 Å². The second-order valence-electron chi connectivity index (χ2n) is 6.70. The maximum absolute atomic E-state index is 12.7. The molecule has 0 heterocycles. The Bertz CT molecular complexity index is 1340. The minimum absolute atomic E-state index is 0.0411. The first-order valence-electron chi connectivity index (χ1n) is 9.45. The second kappa shape index (κ2) is 10.3. The smallest absolute Gasteiger partial charge is 0.295 e. The van der Waals surface area contributed by atoms with Crippen LogP contribution in [0.1, 0.15) is 5.56 Å². The fourth-order valence-corrected chi connectivity index (χ4v) is 4.11. The molecule has 0 bridgehead atoms. The molecule has 0 aliphatic carbocycles. The van der Waals surface area contributed by atoms with Gasteiger partial charge in [0.25, 0.3) is 15.7 Å². The molecule has 34 heavy (non-hydrogen) atoms. The number of aromatic hydroxyl groups is 1. The highest BCUT2D eigenvalue weighted by Crippen LogP contribution is 2.36. The Labute approximate surface area is 199 Å². The van der Waals surface area contributed by atoms with Crippen molar-refractivity contribution in [2.24, 2.45) is 5.10 Å². The van der Waals surface area contributed by atoms with E-state index in [4.69, 9.17) is 21.1 Å². The molecule has 0 saturated carbocycles. The van der Waals surface area contributed by atoms with Crippen LogP contribution in [0.2, 0.25) is 5.02 Å². The average Bonchev–Trinajstić information content (AvgIpc) is 2.79. The summed E-state index contributed by atoms with van der Waals surface area (Å²) in [7, 11) is -1.38. The maximum atomic E-state index is 12.7. The number of nitrogens with zero attached hydrogens (tertiary/aromatic N) is 2. The standard InChI is InChI=1S/C21H19ClN4O7S/c1-32-19-8-13(9-20(33-2)21(19)27)12-23-24-17-7-6-16(11-18(17)26(28)29)34(30,31)25-15-5-3-4-14(22)10-15/h3-12,24-25,27H,1-2H3/b23-12+. The number of ether oxygens (including phenoxy) is 2. The van der Waals surface area contributed by atoms with Crippen LogP contribution in [0.4, 0.5) is 17.1 Å². The first kappa shape index (κ1) is 24.6. The van der Waals surface area contributed by atoms with Crippen molar-refractivity contribution in [3.63, 3.8) is 0 Å². The molecular formula is C21H19ClN4O7S. The van der Waals surface area contributed by atoms with E-state index in [0.29, 0.717) is 10.6 Å². The lowest BCUT2D eigenvalue weighted by atomic mass is 10.2. The molecule has 3 rings (SSSR count). The van der Waals surface area contributed by atoms with Gasteiger partial charge >= 0.3 is 0 Å². The molecule has 0 aliphatic rings. The number of methoxy groups -OCH3 is 2. The molecule has 0 aliphatic heterocycles. The van der Waals surface area contributed by atoms with Gasteiger partial charge in [-0.05, 0) is 42.5 Å². The number of nitro groups is 1. The van der Waals surface area contributed by atoms with Crippen LogP contribution in [0.25, 0.3) is 0 Å². The van der Waals surface area contributed by atoms with Gasteiger partial charge in [0, 0.05) is 16.7 Å². The van der Waals surface area contributed by atoms with E-state index in [1.54, 1.807) is 12.1 Å². The SMILES string of the molecule is COc1cc(/C=N/Nc2ccc(S(=O)(=O)Nc3cccc(Cl)c3)cc2[N+](=O)[O-])cc(OC)c1O. The predicted octanol–water partition coefficient (Wildman–Crippen LogP) is 4.22. The Balaban J connectivity index is 1.86. The van der Waals surface area contributed by atoms with Gasteiger partial charge in [0.2, 0.25) is 5.75 Å². The molecule has 3 aromatic rings. The molecule has 3 N–H and O–H groups in total. The number of hydrazone groups is 1. The summed E-state index contributed by atoms with van der Waals surface area (Å²) in [5.74, 6) is 0.107. The van der Waals surface area contributed by atoms with Crippen LogP contribution in [-0.4, -0.2) is 38.9 Å². The first-order chi connectivity index (χ1) is 16.1. The summed E-state index contributed by atoms with van der Waals surface area (Å²) >= 11 is 5.87. The van der Waals surface area contributed by atoms with Gasteiger partial charge in [0.15, 0.2) is 11.5 Å². The van der Waals surface area contributed by atoms with Crippen LogP contribution in [0, 0.1) is 10.1 Å². The van der Waals surface area contributed by atoms with Crippen LogP contribution in [0.3, 0.4) is 0 Å². The van der Waals surface area contributed by atoms with Crippen molar-refractivity contribution in [3.05, 3.63) is 75.3 Å². The lowest BCUT2D eigenvalue weighted by Crippen LogP contribution is -2.13. The lowest BCUT2D eigenvalue weighted by Gasteiger charge is -2.10. The van der Waals surface area contributed by atoms with E-state index in [-0.39, 0.29) is 33.5 Å². The maximum Gasteiger partial charge on any atom is 0.295 e. The third kappa shape index (κ3) is 5.66. The topological polar surface area (TPSA) is 152 Å². The molecule has 3 aromatic carbocycles. The Morgan fingerprint density at radius 2 is 1.76 bits per heavy atom. The van der Waals surface area contributed by atoms with Crippen molar-refractivity contribution in [3.8, 4) is 17.2 Å². The summed E-state index contributed by atoms with van der Waals surface area (Å²) < 4.78 is 37.8. The molecule has 0 saturated heterocycles. The highest BCUT2D eigenvalue weighted by atomic mass is 35.5. The van der Waals surface area contributed by atoms with Crippen molar-refractivity contribution in [1.82, 2.24) is 0 Å². The van der Waals surface area contributed by atoms with Crippen molar-refractivity contribution >= 4 is 44.9 Å². The number of benzene rings is 3. The van der Waals surface area contributed by atoms with E-state index in [1.165, 1.54) is 56.8 Å². The number of nitrogens with one attached hydrogen (secondary N) is 2. The van der Waals surface area contributed by atoms with Gasteiger partial charge in [-0.25, -0.2) is 8.42 Å². The first-order valence-corrected chi connectivity index (χ1v) is 11.3. The summed E-state index contributed by atoms with van der Waals surface area (Å²) in [6.45, 7) is 0. The molecule has 13 heteroatoms. The Hall–Kier alpha value is -4.03. The zero-order valence-corrected chi connectivity index (χ0v) is 19.4. The lowest BCUT2D eigenvalue weighted by molar-refractivity contribution is -0.384. The Kier molecular flexibility index (Phi) is 7.44. The fourth-order valence-electron chi connectivity index (χ4n) is 2.85. The number of rotatable bonds is 9. The molecule has 0 fully saturated rings. The van der Waals surface area contributed by atoms with Gasteiger partial charge in [0.1, 0.15) is 5.69 Å². The van der Waals surface area contributed by atoms with Crippen molar-refractivity contribution in [2.75, 3.05) is 24.4 Å². The molecule has 178 valence electrons. The normalized spacial score (nSPS) is 11.3. The molecule has 0 atom stereocenters. The van der Waals surface area contributed by atoms with Crippen molar-refractivity contribution in [2.45, 2.75) is 4.90 Å². The van der Waals surface area contributed by atoms with Gasteiger partial charge in [-0.2, -0.15) is 5.10 Å². The summed E-state index contributed by atoms with van der Waals surface area (Å²) in [5.41, 5.74) is 2.65. The second-order valence-corrected chi connectivity index (χ2v) is 8.81. The van der Waals surface area contributed by atoms with E-state index >= 15 is 0 Å². The van der Waals surface area contributed by atoms with Crippen molar-refractivity contribution in [1.29, 1.82) is 0 Å². The number of phenols is 1. The van der Waals surface area contributed by atoms with Crippen LogP contribution in [-0.2, 0) is 10.0 Å². The van der Waals surface area contributed by atoms with Crippen LogP contribution in [0.5, 0.6) is 17.2 Å². The van der Waals surface area contributed by atoms with E-state index in [1.807, 2.05) is 0 Å². The summed E-state index contributed by atoms with van der Waals surface area (Å²) in [4.78, 5) is 10.5. The summed E-state index contributed by atoms with van der Waals surface area (Å²) in [6.07, 6.45) is 1.32. The molecule has 0 aromatic heterocycles. The monoisotopic (exact) mass is 506 g/mol. The molecule has 0 spiro atoms. The fraction of sp³-hybridized carbons (Fsp3) is 0.0952. The van der Waals surface area contributed by atoms with Gasteiger partial charge in [-0.3, -0.25) is 20.3 Å². The van der Waals surface area contributed by atoms with Gasteiger partial charge in [0.05, 0.1) is 35.9 Å². The van der Waals surface area contributed by atoms with E-state index in [0.717, 1.165) is 6.07 Å². The van der Waals surface area contributed by atoms with Gasteiger partial charge < -0.3 is 14.6 Å². The van der Waals surface area contributed by atoms with E-state index in [2.05, 4.69) is 15.2 Å². The molecule has 0 amide bonds. The largest absolute Gasteiger partial charge is 0.502 e. The van der Waals surface area contributed by atoms with E-state index in [9.17, 15) is 23.6 Å². The predicted molar refractivity (Wildman–Crippen MR) is 128 cm³/mol. The minimum Gasteiger partial charge on any atom is -0.502 e. The zero-order chi connectivity index (χ0) is 24.9. The number of halogens is 1. The third-order valence-electron chi connectivity index (χ3n) is 4.45. The quantitative estimate of drug-likeness (QED) is 0.221. The summed E-state index contributed by atoms with van der Waals surface area (Å²) in [6, 6.07) is 12.3. The number of hydrogen-bond donors (Lipinski definition) is 3. The molecule has 0 radical (unpaired) electrons. The number of phenolic OH excluding ortho intramolecular Hbond substituents is 1.